The highest BCUT2D eigenvalue weighted by Crippen LogP contribution is 2.34. The van der Waals surface area contributed by atoms with Crippen molar-refractivity contribution < 1.29 is 9.90 Å². The molecule has 0 saturated heterocycles. The zero-order valence-electron chi connectivity index (χ0n) is 13.5. The maximum Gasteiger partial charge on any atom is 0.254 e. The van der Waals surface area contributed by atoms with E-state index >= 15 is 0 Å². The Bertz CT molecular complexity index is 568. The van der Waals surface area contributed by atoms with Gasteiger partial charge in [-0.25, -0.2) is 4.98 Å². The molecular formula is C16H25N5O2. The molecule has 2 aliphatic carbocycles. The molecule has 2 saturated carbocycles. The molecular weight excluding hydrogens is 294 g/mol. The minimum absolute atomic E-state index is 0.192. The van der Waals surface area contributed by atoms with E-state index in [2.05, 4.69) is 27.5 Å². The summed E-state index contributed by atoms with van der Waals surface area (Å²) in [6.45, 7) is 2.10. The highest BCUT2D eigenvalue weighted by molar-refractivity contribution is 5.97. The zero-order chi connectivity index (χ0) is 16.4. The maximum absolute atomic E-state index is 11.6. The summed E-state index contributed by atoms with van der Waals surface area (Å²) in [5, 5.41) is 16.2. The van der Waals surface area contributed by atoms with Crippen molar-refractivity contribution in [3.05, 3.63) is 11.8 Å². The van der Waals surface area contributed by atoms with Crippen LogP contribution >= 0.6 is 0 Å². The maximum atomic E-state index is 11.6. The summed E-state index contributed by atoms with van der Waals surface area (Å²) in [6.07, 6.45) is 7.08. The lowest BCUT2D eigenvalue weighted by Crippen LogP contribution is -2.29. The number of carbonyl (C=O) groups is 1. The fourth-order valence-electron chi connectivity index (χ4n) is 3.07. The van der Waals surface area contributed by atoms with Gasteiger partial charge in [-0.2, -0.15) is 4.98 Å². The predicted octanol–water partition coefficient (Wildman–Crippen LogP) is 1.50. The number of nitrogens with two attached hydrogens (primary N) is 1. The van der Waals surface area contributed by atoms with Crippen LogP contribution in [-0.2, 0) is 0 Å². The SMILES string of the molecule is C[C@H](Nc1nc(NC2CCC(O)CC2)ncc1C(N)=O)C1CC1. The van der Waals surface area contributed by atoms with E-state index in [0.29, 0.717) is 23.2 Å². The number of aromatic nitrogens is 2. The van der Waals surface area contributed by atoms with Crippen LogP contribution in [0.5, 0.6) is 0 Å². The predicted molar refractivity (Wildman–Crippen MR) is 88.2 cm³/mol. The molecule has 1 atom stereocenters. The quantitative estimate of drug-likeness (QED) is 0.632. The van der Waals surface area contributed by atoms with Gasteiger partial charge in [0, 0.05) is 18.3 Å². The highest BCUT2D eigenvalue weighted by atomic mass is 16.3. The third kappa shape index (κ3) is 4.10. The van der Waals surface area contributed by atoms with Crippen LogP contribution in [0.2, 0.25) is 0 Å². The van der Waals surface area contributed by atoms with Crippen molar-refractivity contribution in [2.24, 2.45) is 11.7 Å². The van der Waals surface area contributed by atoms with Crippen molar-refractivity contribution in [1.82, 2.24) is 9.97 Å². The molecule has 1 aromatic rings. The van der Waals surface area contributed by atoms with Crippen molar-refractivity contribution in [2.75, 3.05) is 10.6 Å². The molecule has 0 aromatic carbocycles. The zero-order valence-corrected chi connectivity index (χ0v) is 13.5. The fourth-order valence-corrected chi connectivity index (χ4v) is 3.07. The summed E-state index contributed by atoms with van der Waals surface area (Å²) < 4.78 is 0. The number of hydrogen-bond acceptors (Lipinski definition) is 6. The Kier molecular flexibility index (Phi) is 4.66. The number of anilines is 2. The summed E-state index contributed by atoms with van der Waals surface area (Å²) >= 11 is 0. The average molecular weight is 319 g/mol. The second-order valence-electron chi connectivity index (χ2n) is 6.74. The lowest BCUT2D eigenvalue weighted by Gasteiger charge is -2.26. The van der Waals surface area contributed by atoms with Crippen LogP contribution in [0.4, 0.5) is 11.8 Å². The van der Waals surface area contributed by atoms with Gasteiger partial charge >= 0.3 is 0 Å². The molecule has 1 amide bonds. The summed E-state index contributed by atoms with van der Waals surface area (Å²) in [7, 11) is 0. The molecule has 0 aliphatic heterocycles. The molecule has 1 heterocycles. The summed E-state index contributed by atoms with van der Waals surface area (Å²) in [5.41, 5.74) is 5.75. The van der Waals surface area contributed by atoms with Gasteiger partial charge in [-0.3, -0.25) is 4.79 Å². The van der Waals surface area contributed by atoms with Gasteiger partial charge in [-0.05, 0) is 51.4 Å². The Morgan fingerprint density at radius 3 is 2.61 bits per heavy atom. The van der Waals surface area contributed by atoms with Crippen molar-refractivity contribution in [3.8, 4) is 0 Å². The number of hydrogen-bond donors (Lipinski definition) is 4. The first-order valence-electron chi connectivity index (χ1n) is 8.41. The van der Waals surface area contributed by atoms with Gasteiger partial charge in [-0.1, -0.05) is 0 Å². The van der Waals surface area contributed by atoms with E-state index in [1.54, 1.807) is 0 Å². The molecule has 0 radical (unpaired) electrons. The first kappa shape index (κ1) is 16.0. The molecule has 23 heavy (non-hydrogen) atoms. The van der Waals surface area contributed by atoms with E-state index in [-0.39, 0.29) is 18.2 Å². The molecule has 3 rings (SSSR count). The summed E-state index contributed by atoms with van der Waals surface area (Å²) in [4.78, 5) is 20.3. The normalized spacial score (nSPS) is 25.7. The van der Waals surface area contributed by atoms with Gasteiger partial charge in [-0.15, -0.1) is 0 Å². The molecule has 1 aromatic heterocycles. The third-order valence-electron chi connectivity index (χ3n) is 4.78. The number of amides is 1. The van der Waals surface area contributed by atoms with E-state index < -0.39 is 5.91 Å². The molecule has 2 fully saturated rings. The van der Waals surface area contributed by atoms with Crippen molar-refractivity contribution in [2.45, 2.75) is 63.6 Å². The van der Waals surface area contributed by atoms with Gasteiger partial charge in [0.2, 0.25) is 5.95 Å². The number of primary amides is 1. The molecule has 0 spiro atoms. The van der Waals surface area contributed by atoms with Crippen LogP contribution in [-0.4, -0.2) is 39.2 Å². The second-order valence-corrected chi connectivity index (χ2v) is 6.74. The van der Waals surface area contributed by atoms with Crippen molar-refractivity contribution in [1.29, 1.82) is 0 Å². The molecule has 7 nitrogen and oxygen atoms in total. The standard InChI is InChI=1S/C16H25N5O2/c1-9(10-2-3-10)19-15-13(14(17)23)8-18-16(21-15)20-11-4-6-12(22)7-5-11/h8-12,22H,2-7H2,1H3,(H2,17,23)(H2,18,19,20,21)/t9-,11?,12?/m0/s1. The molecule has 0 bridgehead atoms. The van der Waals surface area contributed by atoms with Crippen molar-refractivity contribution >= 4 is 17.7 Å². The first-order valence-corrected chi connectivity index (χ1v) is 8.41. The molecule has 5 N–H and O–H groups in total. The molecule has 126 valence electrons. The van der Waals surface area contributed by atoms with Crippen LogP contribution in [0.3, 0.4) is 0 Å². The molecule has 0 unspecified atom stereocenters. The van der Waals surface area contributed by atoms with Gasteiger partial charge < -0.3 is 21.5 Å². The van der Waals surface area contributed by atoms with Crippen molar-refractivity contribution in [3.63, 3.8) is 0 Å². The van der Waals surface area contributed by atoms with Gasteiger partial charge in [0.15, 0.2) is 0 Å². The van der Waals surface area contributed by atoms with Gasteiger partial charge in [0.25, 0.3) is 5.91 Å². The number of aliphatic hydroxyl groups excluding tert-OH is 1. The Balaban J connectivity index is 1.71. The average Bonchev–Trinajstić information content (AvgIpc) is 3.34. The largest absolute Gasteiger partial charge is 0.393 e. The van der Waals surface area contributed by atoms with E-state index in [1.165, 1.54) is 19.0 Å². The van der Waals surface area contributed by atoms with Crippen LogP contribution in [0.25, 0.3) is 0 Å². The van der Waals surface area contributed by atoms with Crippen LogP contribution in [0.1, 0.15) is 55.8 Å². The highest BCUT2D eigenvalue weighted by Gasteiger charge is 2.29. The second kappa shape index (κ2) is 6.70. The molecule has 7 heteroatoms. The van der Waals surface area contributed by atoms with E-state index in [4.69, 9.17) is 5.73 Å². The van der Waals surface area contributed by atoms with Gasteiger partial charge in [0.1, 0.15) is 5.82 Å². The number of carbonyl (C=O) groups excluding carboxylic acids is 1. The van der Waals surface area contributed by atoms with Crippen LogP contribution < -0.4 is 16.4 Å². The minimum Gasteiger partial charge on any atom is -0.393 e. The van der Waals surface area contributed by atoms with E-state index in [9.17, 15) is 9.90 Å². The minimum atomic E-state index is -0.525. The Morgan fingerprint density at radius 1 is 1.30 bits per heavy atom. The first-order chi connectivity index (χ1) is 11.0. The summed E-state index contributed by atoms with van der Waals surface area (Å²) in [6, 6.07) is 0.521. The number of rotatable bonds is 6. The lowest BCUT2D eigenvalue weighted by molar-refractivity contribution is 0.1000. The smallest absolute Gasteiger partial charge is 0.254 e. The monoisotopic (exact) mass is 319 g/mol. The van der Waals surface area contributed by atoms with Crippen LogP contribution in [0.15, 0.2) is 6.20 Å². The number of nitrogens with one attached hydrogen (secondary N) is 2. The topological polar surface area (TPSA) is 113 Å². The molecule has 2 aliphatic rings. The number of aliphatic hydroxyl groups is 1. The fraction of sp³-hybridized carbons (Fsp3) is 0.688. The Morgan fingerprint density at radius 2 is 2.00 bits per heavy atom. The number of nitrogens with zero attached hydrogens (tertiary/aromatic N) is 2. The summed E-state index contributed by atoms with van der Waals surface area (Å²) in [5.74, 6) is 1.12. The third-order valence-corrected chi connectivity index (χ3v) is 4.78. The van der Waals surface area contributed by atoms with E-state index in [1.807, 2.05) is 0 Å². The van der Waals surface area contributed by atoms with Gasteiger partial charge in [0.05, 0.1) is 11.7 Å². The Labute approximate surface area is 136 Å². The van der Waals surface area contributed by atoms with Crippen LogP contribution in [0, 0.1) is 5.92 Å². The van der Waals surface area contributed by atoms with E-state index in [0.717, 1.165) is 25.7 Å². The Hall–Kier alpha value is -1.89. The lowest BCUT2D eigenvalue weighted by atomic mass is 9.93.